The third-order valence-corrected chi connectivity index (χ3v) is 4.04. The first-order valence-corrected chi connectivity index (χ1v) is 7.85. The van der Waals surface area contributed by atoms with Gasteiger partial charge in [-0.1, -0.05) is 30.3 Å². The highest BCUT2D eigenvalue weighted by molar-refractivity contribution is 5.76. The Morgan fingerprint density at radius 1 is 1.26 bits per heavy atom. The first kappa shape index (κ1) is 17.3. The van der Waals surface area contributed by atoms with Gasteiger partial charge in [0.2, 0.25) is 0 Å². The van der Waals surface area contributed by atoms with E-state index >= 15 is 0 Å². The van der Waals surface area contributed by atoms with E-state index in [0.29, 0.717) is 6.42 Å². The van der Waals surface area contributed by atoms with Crippen LogP contribution in [0.4, 0.5) is 4.79 Å². The smallest absolute Gasteiger partial charge is 0.410 e. The molecule has 6 heteroatoms. The Kier molecular flexibility index (Phi) is 5.98. The summed E-state index contributed by atoms with van der Waals surface area (Å²) in [5, 5.41) is 9.96. The molecule has 1 aliphatic rings. The number of aliphatic hydroxyl groups is 1. The molecule has 23 heavy (non-hydrogen) atoms. The minimum absolute atomic E-state index is 0.156. The number of hydrogen-bond acceptors (Lipinski definition) is 5. The molecule has 1 amide bonds. The van der Waals surface area contributed by atoms with Gasteiger partial charge in [-0.15, -0.1) is 0 Å². The molecule has 6 nitrogen and oxygen atoms in total. The second-order valence-electron chi connectivity index (χ2n) is 5.68. The largest absolute Gasteiger partial charge is 0.466 e. The van der Waals surface area contributed by atoms with E-state index in [4.69, 9.17) is 9.47 Å². The molecule has 1 heterocycles. The highest BCUT2D eigenvalue weighted by Gasteiger charge is 2.40. The molecule has 1 aromatic rings. The zero-order valence-corrected chi connectivity index (χ0v) is 13.5. The molecule has 0 bridgehead atoms. The average molecular weight is 321 g/mol. The summed E-state index contributed by atoms with van der Waals surface area (Å²) in [5.41, 5.74) is 0.882. The molecule has 3 atom stereocenters. The lowest BCUT2D eigenvalue weighted by Gasteiger charge is -2.39. The van der Waals surface area contributed by atoms with Crippen molar-refractivity contribution in [3.8, 4) is 0 Å². The van der Waals surface area contributed by atoms with E-state index in [9.17, 15) is 14.7 Å². The molecule has 1 N–H and O–H groups in total. The minimum Gasteiger partial charge on any atom is -0.466 e. The van der Waals surface area contributed by atoms with Gasteiger partial charge in [0.25, 0.3) is 0 Å². The third-order valence-electron chi connectivity index (χ3n) is 4.04. The van der Waals surface area contributed by atoms with Gasteiger partial charge in [0.05, 0.1) is 25.2 Å². The Morgan fingerprint density at radius 2 is 1.96 bits per heavy atom. The van der Waals surface area contributed by atoms with E-state index in [2.05, 4.69) is 0 Å². The Balaban J connectivity index is 1.99. The zero-order chi connectivity index (χ0) is 16.8. The normalized spacial score (nSPS) is 24.1. The van der Waals surface area contributed by atoms with Gasteiger partial charge in [-0.25, -0.2) is 4.79 Å². The number of ether oxygens (including phenoxy) is 2. The number of aliphatic hydroxyl groups excluding tert-OH is 1. The summed E-state index contributed by atoms with van der Waals surface area (Å²) >= 11 is 0. The van der Waals surface area contributed by atoms with Crippen molar-refractivity contribution < 1.29 is 24.2 Å². The molecule has 0 aromatic heterocycles. The number of likely N-dealkylation sites (tertiary alicyclic amines) is 1. The van der Waals surface area contributed by atoms with Gasteiger partial charge in [0.1, 0.15) is 6.61 Å². The number of nitrogens with zero attached hydrogens (tertiary/aromatic N) is 1. The lowest BCUT2D eigenvalue weighted by atomic mass is 9.89. The van der Waals surface area contributed by atoms with Gasteiger partial charge in [0.15, 0.2) is 0 Å². The summed E-state index contributed by atoms with van der Waals surface area (Å²) in [6.07, 6.45) is -0.998. The van der Waals surface area contributed by atoms with E-state index in [-0.39, 0.29) is 31.8 Å². The number of esters is 1. The molecule has 1 aromatic carbocycles. The van der Waals surface area contributed by atoms with Crippen molar-refractivity contribution in [2.24, 2.45) is 5.92 Å². The molecule has 2 rings (SSSR count). The number of benzene rings is 1. The number of carbonyl (C=O) groups is 2. The lowest BCUT2D eigenvalue weighted by molar-refractivity contribution is -0.154. The molecule has 1 fully saturated rings. The van der Waals surface area contributed by atoms with Crippen LogP contribution < -0.4 is 0 Å². The first-order valence-electron chi connectivity index (χ1n) is 7.85. The SMILES string of the molecule is CCOC(=O)C1CC(O)CN(C(=O)OCc2ccccc2)C1C. The molecule has 0 spiro atoms. The van der Waals surface area contributed by atoms with Gasteiger partial charge in [-0.2, -0.15) is 0 Å². The average Bonchev–Trinajstić information content (AvgIpc) is 2.55. The zero-order valence-electron chi connectivity index (χ0n) is 13.5. The Morgan fingerprint density at radius 3 is 2.61 bits per heavy atom. The Hall–Kier alpha value is -2.08. The summed E-state index contributed by atoms with van der Waals surface area (Å²) in [6, 6.07) is 8.98. The van der Waals surface area contributed by atoms with E-state index in [1.165, 1.54) is 4.90 Å². The van der Waals surface area contributed by atoms with Gasteiger partial charge in [-0.05, 0) is 25.8 Å². The Bertz CT molecular complexity index is 533. The van der Waals surface area contributed by atoms with Crippen molar-refractivity contribution in [3.05, 3.63) is 35.9 Å². The topological polar surface area (TPSA) is 76.1 Å². The van der Waals surface area contributed by atoms with Crippen molar-refractivity contribution in [2.45, 2.75) is 39.0 Å². The van der Waals surface area contributed by atoms with E-state index in [1.54, 1.807) is 13.8 Å². The summed E-state index contributed by atoms with van der Waals surface area (Å²) in [4.78, 5) is 25.7. The maximum Gasteiger partial charge on any atom is 0.410 e. The maximum atomic E-state index is 12.3. The van der Waals surface area contributed by atoms with Crippen molar-refractivity contribution in [1.29, 1.82) is 0 Å². The standard InChI is InChI=1S/C17H23NO5/c1-3-22-16(20)15-9-14(19)10-18(12(15)2)17(21)23-11-13-7-5-4-6-8-13/h4-8,12,14-15,19H,3,9-11H2,1-2H3. The Labute approximate surface area is 136 Å². The number of β-amino-alcohol motifs (C(OH)–C–C–N with tert-alkyl or cyclic N) is 1. The molecule has 0 radical (unpaired) electrons. The molecular weight excluding hydrogens is 298 g/mol. The van der Waals surface area contributed by atoms with Gasteiger partial charge >= 0.3 is 12.1 Å². The van der Waals surface area contributed by atoms with Crippen molar-refractivity contribution in [1.82, 2.24) is 4.90 Å². The van der Waals surface area contributed by atoms with Crippen LogP contribution in [-0.2, 0) is 20.9 Å². The van der Waals surface area contributed by atoms with Crippen LogP contribution >= 0.6 is 0 Å². The summed E-state index contributed by atoms with van der Waals surface area (Å²) < 4.78 is 10.3. The van der Waals surface area contributed by atoms with Crippen LogP contribution in [0.3, 0.4) is 0 Å². The molecule has 1 aliphatic heterocycles. The van der Waals surface area contributed by atoms with Crippen LogP contribution in [0.2, 0.25) is 0 Å². The predicted molar refractivity (Wildman–Crippen MR) is 83.5 cm³/mol. The highest BCUT2D eigenvalue weighted by atomic mass is 16.6. The quantitative estimate of drug-likeness (QED) is 0.858. The molecular formula is C17H23NO5. The number of carbonyl (C=O) groups excluding carboxylic acids is 2. The molecule has 1 saturated heterocycles. The van der Waals surface area contributed by atoms with Crippen molar-refractivity contribution in [3.63, 3.8) is 0 Å². The first-order chi connectivity index (χ1) is 11.0. The summed E-state index contributed by atoms with van der Waals surface area (Å²) in [6.45, 7) is 4.09. The minimum atomic E-state index is -0.759. The van der Waals surface area contributed by atoms with Crippen LogP contribution in [0.15, 0.2) is 30.3 Å². The molecule has 3 unspecified atom stereocenters. The highest BCUT2D eigenvalue weighted by Crippen LogP contribution is 2.26. The van der Waals surface area contributed by atoms with Crippen LogP contribution in [0, 0.1) is 5.92 Å². The van der Waals surface area contributed by atoms with E-state index in [1.807, 2.05) is 30.3 Å². The fraction of sp³-hybridized carbons (Fsp3) is 0.529. The lowest BCUT2D eigenvalue weighted by Crippen LogP contribution is -2.54. The molecule has 126 valence electrons. The fourth-order valence-electron chi connectivity index (χ4n) is 2.76. The van der Waals surface area contributed by atoms with Crippen molar-refractivity contribution >= 4 is 12.1 Å². The monoisotopic (exact) mass is 321 g/mol. The number of amides is 1. The molecule has 0 aliphatic carbocycles. The number of hydrogen-bond donors (Lipinski definition) is 1. The van der Waals surface area contributed by atoms with Crippen LogP contribution in [0.5, 0.6) is 0 Å². The van der Waals surface area contributed by atoms with Crippen LogP contribution in [-0.4, -0.2) is 47.4 Å². The number of piperidine rings is 1. The van der Waals surface area contributed by atoms with E-state index in [0.717, 1.165) is 5.56 Å². The number of rotatable bonds is 4. The van der Waals surface area contributed by atoms with E-state index < -0.39 is 18.1 Å². The summed E-state index contributed by atoms with van der Waals surface area (Å²) in [7, 11) is 0. The predicted octanol–water partition coefficient (Wildman–Crippen LogP) is 1.96. The third kappa shape index (κ3) is 4.45. The fourth-order valence-corrected chi connectivity index (χ4v) is 2.76. The van der Waals surface area contributed by atoms with Gasteiger partial charge < -0.3 is 19.5 Å². The van der Waals surface area contributed by atoms with Crippen molar-refractivity contribution in [2.75, 3.05) is 13.2 Å². The second kappa shape index (κ2) is 7.97. The van der Waals surface area contributed by atoms with Crippen LogP contribution in [0.1, 0.15) is 25.8 Å². The van der Waals surface area contributed by atoms with Gasteiger partial charge in [-0.3, -0.25) is 4.79 Å². The second-order valence-corrected chi connectivity index (χ2v) is 5.68. The van der Waals surface area contributed by atoms with Crippen LogP contribution in [0.25, 0.3) is 0 Å². The maximum absolute atomic E-state index is 12.3. The van der Waals surface area contributed by atoms with Gasteiger partial charge in [0, 0.05) is 6.04 Å². The summed E-state index contributed by atoms with van der Waals surface area (Å²) in [5.74, 6) is -0.928. The molecule has 0 saturated carbocycles.